The third-order valence-corrected chi connectivity index (χ3v) is 3.49. The third-order valence-electron chi connectivity index (χ3n) is 2.57. The predicted octanol–water partition coefficient (Wildman–Crippen LogP) is 1.25. The molecule has 0 fully saturated rings. The fraction of sp³-hybridized carbons (Fsp3) is 0.167. The first-order chi connectivity index (χ1) is 9.11. The monoisotopic (exact) mass is 278 g/mol. The van der Waals surface area contributed by atoms with Gasteiger partial charge in [-0.3, -0.25) is 0 Å². The van der Waals surface area contributed by atoms with E-state index in [-0.39, 0.29) is 0 Å². The minimum Gasteiger partial charge on any atom is -0.497 e. The molecule has 2 rings (SSSR count). The Morgan fingerprint density at radius 2 is 2.11 bits per heavy atom. The minimum absolute atomic E-state index is 0.657. The number of carbonyl (C=O) groups is 1. The molecule has 100 valence electrons. The average Bonchev–Trinajstić information content (AvgIpc) is 2.78. The smallest absolute Gasteiger partial charge is 0.332 e. The van der Waals surface area contributed by atoms with E-state index in [2.05, 4.69) is 10.5 Å². The molecule has 0 bridgehead atoms. The number of carbonyl (C=O) groups excluding carboxylic acids is 1. The zero-order valence-corrected chi connectivity index (χ0v) is 11.4. The molecule has 0 aliphatic carbocycles. The highest BCUT2D eigenvalue weighted by molar-refractivity contribution is 7.07. The molecular weight excluding hydrogens is 264 g/mol. The fourth-order valence-electron chi connectivity index (χ4n) is 1.60. The number of amides is 2. The predicted molar refractivity (Wildman–Crippen MR) is 73.6 cm³/mol. The Morgan fingerprint density at radius 3 is 2.68 bits per heavy atom. The Kier molecular flexibility index (Phi) is 3.86. The van der Waals surface area contributed by atoms with E-state index in [1.54, 1.807) is 7.11 Å². The van der Waals surface area contributed by atoms with Crippen LogP contribution < -0.4 is 20.7 Å². The Morgan fingerprint density at radius 1 is 1.42 bits per heavy atom. The van der Waals surface area contributed by atoms with Gasteiger partial charge in [0.2, 0.25) is 4.80 Å². The van der Waals surface area contributed by atoms with Crippen molar-refractivity contribution in [1.29, 1.82) is 0 Å². The van der Waals surface area contributed by atoms with Gasteiger partial charge in [0.1, 0.15) is 5.75 Å². The molecule has 0 atom stereocenters. The zero-order chi connectivity index (χ0) is 13.8. The van der Waals surface area contributed by atoms with Crippen LogP contribution in [0, 0.1) is 0 Å². The lowest BCUT2D eigenvalue weighted by molar-refractivity contribution is 0.249. The van der Waals surface area contributed by atoms with Crippen LogP contribution in [0.25, 0.3) is 11.3 Å². The van der Waals surface area contributed by atoms with Crippen LogP contribution in [0.2, 0.25) is 0 Å². The highest BCUT2D eigenvalue weighted by Gasteiger charge is 2.05. The number of ether oxygens (including phenoxy) is 1. The SMILES string of the molecule is COc1ccc(-c2cs/c(=N\NC(N)=O)n2C)cc1. The van der Waals surface area contributed by atoms with Crippen LogP contribution in [-0.4, -0.2) is 17.7 Å². The largest absolute Gasteiger partial charge is 0.497 e. The standard InChI is InChI=1S/C12H14N4O2S/c1-16-10(7-19-12(16)15-14-11(13)17)8-3-5-9(18-2)6-4-8/h3-7H,1-2H3,(H3,13,14,17)/b15-12-. The van der Waals surface area contributed by atoms with Gasteiger partial charge in [0.25, 0.3) is 0 Å². The summed E-state index contributed by atoms with van der Waals surface area (Å²) in [4.78, 5) is 11.3. The van der Waals surface area contributed by atoms with E-state index in [0.717, 1.165) is 17.0 Å². The number of rotatable bonds is 3. The van der Waals surface area contributed by atoms with Crippen molar-refractivity contribution in [3.63, 3.8) is 0 Å². The van der Waals surface area contributed by atoms with Crippen LogP contribution in [0.15, 0.2) is 34.7 Å². The van der Waals surface area contributed by atoms with Gasteiger partial charge >= 0.3 is 6.03 Å². The fourth-order valence-corrected chi connectivity index (χ4v) is 2.46. The first-order valence-electron chi connectivity index (χ1n) is 5.50. The van der Waals surface area contributed by atoms with E-state index >= 15 is 0 Å². The maximum absolute atomic E-state index is 10.6. The number of aromatic nitrogens is 1. The normalized spacial score (nSPS) is 11.4. The number of urea groups is 1. The van der Waals surface area contributed by atoms with E-state index in [4.69, 9.17) is 10.5 Å². The summed E-state index contributed by atoms with van der Waals surface area (Å²) in [6.07, 6.45) is 0. The lowest BCUT2D eigenvalue weighted by Crippen LogP contribution is -2.28. The molecule has 2 aromatic rings. The summed E-state index contributed by atoms with van der Waals surface area (Å²) < 4.78 is 7.00. The topological polar surface area (TPSA) is 81.6 Å². The van der Waals surface area contributed by atoms with Crippen molar-refractivity contribution in [1.82, 2.24) is 9.99 Å². The van der Waals surface area contributed by atoms with E-state index in [1.165, 1.54) is 11.3 Å². The van der Waals surface area contributed by atoms with Gasteiger partial charge in [-0.25, -0.2) is 10.2 Å². The van der Waals surface area contributed by atoms with Crippen LogP contribution >= 0.6 is 11.3 Å². The van der Waals surface area contributed by atoms with Crippen molar-refractivity contribution in [2.45, 2.75) is 0 Å². The van der Waals surface area contributed by atoms with Gasteiger partial charge in [0.05, 0.1) is 12.8 Å². The first-order valence-corrected chi connectivity index (χ1v) is 6.38. The second kappa shape index (κ2) is 5.57. The number of nitrogens with two attached hydrogens (primary N) is 1. The lowest BCUT2D eigenvalue weighted by atomic mass is 10.1. The van der Waals surface area contributed by atoms with Gasteiger partial charge in [0.15, 0.2) is 0 Å². The Balaban J connectivity index is 2.35. The molecule has 0 unspecified atom stereocenters. The molecule has 0 radical (unpaired) electrons. The highest BCUT2D eigenvalue weighted by atomic mass is 32.1. The molecule has 2 amide bonds. The summed E-state index contributed by atoms with van der Waals surface area (Å²) in [5.74, 6) is 0.807. The summed E-state index contributed by atoms with van der Waals surface area (Å²) in [5.41, 5.74) is 9.24. The van der Waals surface area contributed by atoms with Gasteiger partial charge in [-0.1, -0.05) is 0 Å². The van der Waals surface area contributed by atoms with E-state index < -0.39 is 6.03 Å². The maximum Gasteiger partial charge on any atom is 0.332 e. The molecular formula is C12H14N4O2S. The van der Waals surface area contributed by atoms with Gasteiger partial charge in [-0.05, 0) is 29.8 Å². The Labute approximate surface area is 114 Å². The molecule has 0 aliphatic heterocycles. The number of hydrogen-bond donors (Lipinski definition) is 2. The van der Waals surface area contributed by atoms with Crippen molar-refractivity contribution in [2.24, 2.45) is 17.9 Å². The summed E-state index contributed by atoms with van der Waals surface area (Å²) in [6.45, 7) is 0. The minimum atomic E-state index is -0.681. The molecule has 3 N–H and O–H groups in total. The van der Waals surface area contributed by atoms with E-state index in [9.17, 15) is 4.79 Å². The molecule has 0 spiro atoms. The summed E-state index contributed by atoms with van der Waals surface area (Å²) in [6, 6.07) is 7.04. The van der Waals surface area contributed by atoms with E-state index in [0.29, 0.717) is 4.80 Å². The van der Waals surface area contributed by atoms with Crippen LogP contribution in [0.4, 0.5) is 4.79 Å². The quantitative estimate of drug-likeness (QED) is 0.828. The number of thiazole rings is 1. The summed E-state index contributed by atoms with van der Waals surface area (Å²) in [5, 5.41) is 5.88. The van der Waals surface area contributed by atoms with Gasteiger partial charge < -0.3 is 15.0 Å². The average molecular weight is 278 g/mol. The number of primary amides is 1. The maximum atomic E-state index is 10.6. The molecule has 1 aromatic heterocycles. The zero-order valence-electron chi connectivity index (χ0n) is 10.6. The third kappa shape index (κ3) is 2.94. The molecule has 0 aliphatic rings. The molecule has 0 saturated heterocycles. The molecule has 6 nitrogen and oxygen atoms in total. The van der Waals surface area contributed by atoms with Crippen molar-refractivity contribution in [2.75, 3.05) is 7.11 Å². The first kappa shape index (κ1) is 13.2. The molecule has 1 aromatic carbocycles. The second-order valence-electron chi connectivity index (χ2n) is 3.78. The molecule has 7 heteroatoms. The second-order valence-corrected chi connectivity index (χ2v) is 4.62. The summed E-state index contributed by atoms with van der Waals surface area (Å²) >= 11 is 1.42. The van der Waals surface area contributed by atoms with Crippen LogP contribution in [0.5, 0.6) is 5.75 Å². The van der Waals surface area contributed by atoms with Gasteiger partial charge in [-0.15, -0.1) is 16.4 Å². The van der Waals surface area contributed by atoms with Crippen LogP contribution in [0.3, 0.4) is 0 Å². The number of nitrogens with zero attached hydrogens (tertiary/aromatic N) is 2. The van der Waals surface area contributed by atoms with Crippen molar-refractivity contribution >= 4 is 17.4 Å². The van der Waals surface area contributed by atoms with Crippen LogP contribution in [-0.2, 0) is 7.05 Å². The van der Waals surface area contributed by atoms with Crippen molar-refractivity contribution in [3.8, 4) is 17.0 Å². The van der Waals surface area contributed by atoms with Gasteiger partial charge in [-0.2, -0.15) is 0 Å². The van der Waals surface area contributed by atoms with Crippen LogP contribution in [0.1, 0.15) is 0 Å². The molecule has 19 heavy (non-hydrogen) atoms. The molecule has 1 heterocycles. The number of nitrogens with one attached hydrogen (secondary N) is 1. The van der Waals surface area contributed by atoms with Crippen molar-refractivity contribution < 1.29 is 9.53 Å². The number of benzene rings is 1. The van der Waals surface area contributed by atoms with Crippen molar-refractivity contribution in [3.05, 3.63) is 34.4 Å². The highest BCUT2D eigenvalue weighted by Crippen LogP contribution is 2.22. The van der Waals surface area contributed by atoms with E-state index in [1.807, 2.05) is 41.3 Å². The Hall–Kier alpha value is -2.28. The van der Waals surface area contributed by atoms with Gasteiger partial charge in [0, 0.05) is 12.4 Å². The summed E-state index contributed by atoms with van der Waals surface area (Å²) in [7, 11) is 3.50. The number of methoxy groups -OCH3 is 1. The number of hydrogen-bond acceptors (Lipinski definition) is 4. The Bertz CT molecular complexity index is 642. The lowest BCUT2D eigenvalue weighted by Gasteiger charge is -2.04. The molecule has 0 saturated carbocycles.